The molecule has 0 spiro atoms. The van der Waals surface area contributed by atoms with Gasteiger partial charge in [0.15, 0.2) is 0 Å². The summed E-state index contributed by atoms with van der Waals surface area (Å²) in [5, 5.41) is 0. The third kappa shape index (κ3) is 1.95. The second-order valence-corrected chi connectivity index (χ2v) is 6.54. The van der Waals surface area contributed by atoms with E-state index in [0.717, 1.165) is 12.1 Å². The van der Waals surface area contributed by atoms with E-state index in [1.807, 2.05) is 5.70 Å². The third-order valence-electron chi connectivity index (χ3n) is 1.98. The van der Waals surface area contributed by atoms with Gasteiger partial charge in [0.2, 0.25) is 8.32 Å². The molecule has 0 heterocycles. The zero-order valence-electron chi connectivity index (χ0n) is 6.61. The summed E-state index contributed by atoms with van der Waals surface area (Å²) in [7, 11) is 0.365. The van der Waals surface area contributed by atoms with Crippen LogP contribution in [0.2, 0.25) is 12.1 Å². The van der Waals surface area contributed by atoms with Crippen molar-refractivity contribution >= 4 is 8.32 Å². The van der Waals surface area contributed by atoms with Crippen LogP contribution >= 0.6 is 0 Å². The molecule has 0 aromatic heterocycles. The van der Waals surface area contributed by atoms with E-state index in [0.29, 0.717) is 0 Å². The van der Waals surface area contributed by atoms with Crippen molar-refractivity contribution in [2.45, 2.75) is 25.9 Å². The minimum atomic E-state index is -1.43. The highest BCUT2D eigenvalue weighted by atomic mass is 28.4. The molecule has 0 aliphatic rings. The van der Waals surface area contributed by atoms with E-state index in [2.05, 4.69) is 20.4 Å². The van der Waals surface area contributed by atoms with Gasteiger partial charge in [0.1, 0.15) is 0 Å². The minimum Gasteiger partial charge on any atom is -0.416 e. The van der Waals surface area contributed by atoms with E-state index in [1.54, 1.807) is 7.11 Å². The highest BCUT2D eigenvalue weighted by Crippen LogP contribution is 2.15. The van der Waals surface area contributed by atoms with Crippen molar-refractivity contribution in [1.82, 2.24) is 0 Å². The average Bonchev–Trinajstić information content (AvgIpc) is 1.95. The Hall–Kier alpha value is -0.0831. The Morgan fingerprint density at radius 2 is 1.89 bits per heavy atom. The van der Waals surface area contributed by atoms with Crippen LogP contribution in [0.3, 0.4) is 0 Å². The molecule has 0 aliphatic carbocycles. The van der Waals surface area contributed by atoms with Crippen LogP contribution in [0, 0.1) is 0 Å². The van der Waals surface area contributed by atoms with Crippen LogP contribution in [0.5, 0.6) is 0 Å². The van der Waals surface area contributed by atoms with Gasteiger partial charge in [0.25, 0.3) is 0 Å². The zero-order valence-corrected chi connectivity index (χ0v) is 7.61. The molecule has 9 heavy (non-hydrogen) atoms. The molecule has 0 rings (SSSR count). The highest BCUT2D eigenvalue weighted by molar-refractivity contribution is 6.78. The smallest absolute Gasteiger partial charge is 0.215 e. The van der Waals surface area contributed by atoms with Crippen LogP contribution in [0.15, 0.2) is 12.3 Å². The summed E-state index contributed by atoms with van der Waals surface area (Å²) in [4.78, 5) is 0. The van der Waals surface area contributed by atoms with Gasteiger partial charge in [-0.3, -0.25) is 0 Å². The summed E-state index contributed by atoms with van der Waals surface area (Å²) < 4.78 is 5.41. The van der Waals surface area contributed by atoms with Gasteiger partial charge in [-0.15, -0.1) is 6.58 Å². The van der Waals surface area contributed by atoms with Crippen LogP contribution in [0.4, 0.5) is 0 Å². The Morgan fingerprint density at radius 3 is 1.89 bits per heavy atom. The summed E-state index contributed by atoms with van der Waals surface area (Å²) >= 11 is 0. The fourth-order valence-electron chi connectivity index (χ4n) is 0.911. The van der Waals surface area contributed by atoms with E-state index in [4.69, 9.17) is 4.43 Å². The van der Waals surface area contributed by atoms with Crippen LogP contribution < -0.4 is 0 Å². The molecular formula is C7H16OSi. The van der Waals surface area contributed by atoms with Gasteiger partial charge in [0.05, 0.1) is 0 Å². The largest absolute Gasteiger partial charge is 0.416 e. The molecule has 0 atom stereocenters. The summed E-state index contributed by atoms with van der Waals surface area (Å²) in [6.45, 7) is 8.12. The molecule has 0 aromatic carbocycles. The zero-order chi connectivity index (χ0) is 7.33. The van der Waals surface area contributed by atoms with Crippen molar-refractivity contribution in [2.75, 3.05) is 7.11 Å². The van der Waals surface area contributed by atoms with Crippen molar-refractivity contribution in [1.29, 1.82) is 0 Å². The molecule has 2 heteroatoms. The Morgan fingerprint density at radius 1 is 1.44 bits per heavy atom. The van der Waals surface area contributed by atoms with E-state index < -0.39 is 8.32 Å². The molecule has 54 valence electrons. The van der Waals surface area contributed by atoms with Crippen LogP contribution in [-0.4, -0.2) is 15.4 Å². The van der Waals surface area contributed by atoms with Crippen molar-refractivity contribution in [3.05, 3.63) is 12.3 Å². The van der Waals surface area contributed by atoms with Crippen molar-refractivity contribution in [3.63, 3.8) is 0 Å². The fraction of sp³-hybridized carbons (Fsp3) is 0.714. The van der Waals surface area contributed by atoms with Gasteiger partial charge in [-0.05, 0) is 12.1 Å². The summed E-state index contributed by atoms with van der Waals surface area (Å²) in [6, 6.07) is 2.28. The number of hydrogen-bond donors (Lipinski definition) is 0. The predicted molar refractivity (Wildman–Crippen MR) is 43.9 cm³/mol. The fourth-order valence-corrected chi connectivity index (χ4v) is 2.73. The Bertz CT molecular complexity index is 78.7. The van der Waals surface area contributed by atoms with E-state index in [9.17, 15) is 0 Å². The molecule has 0 aliphatic heterocycles. The quantitative estimate of drug-likeness (QED) is 0.550. The maximum atomic E-state index is 5.41. The molecule has 1 nitrogen and oxygen atoms in total. The van der Waals surface area contributed by atoms with Crippen molar-refractivity contribution in [3.8, 4) is 0 Å². The SMILES string of the molecule is C=C[Si](CC)(CC)OC. The molecular weight excluding hydrogens is 128 g/mol. The molecule has 0 saturated heterocycles. The Balaban J connectivity index is 3.98. The van der Waals surface area contributed by atoms with Gasteiger partial charge >= 0.3 is 0 Å². The summed E-state index contributed by atoms with van der Waals surface area (Å²) in [5.41, 5.74) is 2.02. The molecule has 0 saturated carbocycles. The lowest BCUT2D eigenvalue weighted by Crippen LogP contribution is -2.32. The summed E-state index contributed by atoms with van der Waals surface area (Å²) in [6.07, 6.45) is 0. The maximum Gasteiger partial charge on any atom is 0.215 e. The first-order chi connectivity index (χ1) is 4.24. The Kier molecular flexibility index (Phi) is 3.82. The van der Waals surface area contributed by atoms with Gasteiger partial charge in [-0.1, -0.05) is 19.5 Å². The van der Waals surface area contributed by atoms with Gasteiger partial charge in [0, 0.05) is 7.11 Å². The molecule has 0 amide bonds. The topological polar surface area (TPSA) is 9.23 Å². The highest BCUT2D eigenvalue weighted by Gasteiger charge is 2.24. The molecule has 0 radical (unpaired) electrons. The maximum absolute atomic E-state index is 5.41. The third-order valence-corrected chi connectivity index (χ3v) is 5.93. The standard InChI is InChI=1S/C7H16OSi/c1-5-9(6-2,7-3)8-4/h5H,1,6-7H2,2-4H3. The van der Waals surface area contributed by atoms with Gasteiger partial charge in [-0.25, -0.2) is 0 Å². The second-order valence-electron chi connectivity index (χ2n) is 2.18. The molecule has 0 bridgehead atoms. The average molecular weight is 144 g/mol. The van der Waals surface area contributed by atoms with Crippen molar-refractivity contribution < 1.29 is 4.43 Å². The van der Waals surface area contributed by atoms with Crippen molar-refractivity contribution in [2.24, 2.45) is 0 Å². The van der Waals surface area contributed by atoms with Gasteiger partial charge in [-0.2, -0.15) is 0 Å². The first-order valence-corrected chi connectivity index (χ1v) is 5.83. The Labute approximate surface area is 58.9 Å². The summed E-state index contributed by atoms with van der Waals surface area (Å²) in [5.74, 6) is 0. The van der Waals surface area contributed by atoms with E-state index >= 15 is 0 Å². The lowest BCUT2D eigenvalue weighted by molar-refractivity contribution is 0.404. The number of hydrogen-bond acceptors (Lipinski definition) is 1. The molecule has 0 aromatic rings. The van der Waals surface area contributed by atoms with Crippen LogP contribution in [0.1, 0.15) is 13.8 Å². The van der Waals surface area contributed by atoms with Crippen LogP contribution in [-0.2, 0) is 4.43 Å². The first kappa shape index (κ1) is 8.92. The number of rotatable bonds is 4. The van der Waals surface area contributed by atoms with Crippen LogP contribution in [0.25, 0.3) is 0 Å². The lowest BCUT2D eigenvalue weighted by atomic mass is 10.9. The first-order valence-electron chi connectivity index (χ1n) is 3.43. The molecule has 0 unspecified atom stereocenters. The van der Waals surface area contributed by atoms with E-state index in [1.165, 1.54) is 0 Å². The lowest BCUT2D eigenvalue weighted by Gasteiger charge is -2.21. The predicted octanol–water partition coefficient (Wildman–Crippen LogP) is 2.34. The normalized spacial score (nSPS) is 11.4. The second kappa shape index (κ2) is 3.85. The van der Waals surface area contributed by atoms with Gasteiger partial charge < -0.3 is 4.43 Å². The monoisotopic (exact) mass is 144 g/mol. The molecule has 0 N–H and O–H groups in total. The minimum absolute atomic E-state index is 1.14. The van der Waals surface area contributed by atoms with E-state index in [-0.39, 0.29) is 0 Å². The molecule has 0 fully saturated rings.